The fourth-order valence-electron chi connectivity index (χ4n) is 2.32. The molecule has 0 saturated heterocycles. The van der Waals surface area contributed by atoms with Crippen molar-refractivity contribution < 1.29 is 10.2 Å². The second-order valence-electron chi connectivity index (χ2n) is 4.98. The van der Waals surface area contributed by atoms with Crippen molar-refractivity contribution in [3.05, 3.63) is 58.1 Å². The third-order valence-corrected chi connectivity index (χ3v) is 3.95. The van der Waals surface area contributed by atoms with Gasteiger partial charge in [-0.05, 0) is 36.2 Å². The maximum Gasteiger partial charge on any atom is 0.198 e. The van der Waals surface area contributed by atoms with Gasteiger partial charge in [0.1, 0.15) is 0 Å². The maximum absolute atomic E-state index is 10.0. The van der Waals surface area contributed by atoms with Crippen LogP contribution < -0.4 is 0 Å². The van der Waals surface area contributed by atoms with E-state index in [1.165, 1.54) is 0 Å². The Labute approximate surface area is 136 Å². The number of H-pyrrole nitrogens is 1. The number of nitrogens with one attached hydrogen (secondary N) is 1. The summed E-state index contributed by atoms with van der Waals surface area (Å²) in [7, 11) is 0. The normalized spacial score (nSPS) is 11.5. The summed E-state index contributed by atoms with van der Waals surface area (Å²) in [4.78, 5) is 7.34. The molecule has 0 saturated carbocycles. The van der Waals surface area contributed by atoms with Crippen LogP contribution in [0.5, 0.6) is 5.88 Å². The summed E-state index contributed by atoms with van der Waals surface area (Å²) in [5.41, 5.74) is 3.39. The summed E-state index contributed by atoms with van der Waals surface area (Å²) < 4.78 is 0.948. The lowest BCUT2D eigenvalue weighted by Crippen LogP contribution is -1.88. The first-order valence-electron chi connectivity index (χ1n) is 6.91. The van der Waals surface area contributed by atoms with Gasteiger partial charge in [0.2, 0.25) is 0 Å². The van der Waals surface area contributed by atoms with Crippen LogP contribution in [0.25, 0.3) is 10.9 Å². The van der Waals surface area contributed by atoms with E-state index in [9.17, 15) is 5.11 Å². The molecule has 0 bridgehead atoms. The molecule has 0 aliphatic heterocycles. The monoisotopic (exact) mass is 358 g/mol. The largest absolute Gasteiger partial charge is 0.494 e. The fraction of sp³-hybridized carbons (Fsp3) is 0.118. The zero-order valence-corrected chi connectivity index (χ0v) is 13.3. The number of aliphatic hydroxyl groups is 1. The molecule has 1 aromatic heterocycles. The number of hydrogen-bond donors (Lipinski definition) is 3. The predicted molar refractivity (Wildman–Crippen MR) is 92.1 cm³/mol. The highest BCUT2D eigenvalue weighted by Crippen LogP contribution is 2.28. The average molecular weight is 359 g/mol. The van der Waals surface area contributed by atoms with Crippen LogP contribution in [0.3, 0.4) is 0 Å². The number of aliphatic hydroxyl groups excluding tert-OH is 1. The van der Waals surface area contributed by atoms with Crippen LogP contribution in [0.1, 0.15) is 11.1 Å². The zero-order valence-electron chi connectivity index (χ0n) is 11.8. The second-order valence-corrected chi connectivity index (χ2v) is 5.89. The highest BCUT2D eigenvalue weighted by atomic mass is 79.9. The van der Waals surface area contributed by atoms with Gasteiger partial charge in [0.05, 0.1) is 16.8 Å². The zero-order chi connectivity index (χ0) is 15.5. The van der Waals surface area contributed by atoms with E-state index in [0.29, 0.717) is 12.0 Å². The van der Waals surface area contributed by atoms with Crippen molar-refractivity contribution in [2.75, 3.05) is 6.61 Å². The number of aromatic nitrogens is 1. The summed E-state index contributed by atoms with van der Waals surface area (Å²) in [5, 5.41) is 19.8. The van der Waals surface area contributed by atoms with E-state index in [1.807, 2.05) is 42.5 Å². The molecular formula is C17H15BrN2O2. The average Bonchev–Trinajstić information content (AvgIpc) is 2.81. The smallest absolute Gasteiger partial charge is 0.198 e. The van der Waals surface area contributed by atoms with Gasteiger partial charge in [-0.15, -0.1) is 0 Å². The van der Waals surface area contributed by atoms with Gasteiger partial charge in [-0.3, -0.25) is 4.99 Å². The van der Waals surface area contributed by atoms with Gasteiger partial charge in [-0.25, -0.2) is 0 Å². The van der Waals surface area contributed by atoms with E-state index in [-0.39, 0.29) is 12.5 Å². The molecule has 0 unspecified atom stereocenters. The summed E-state index contributed by atoms with van der Waals surface area (Å²) in [5.74, 6) is 0.105. The lowest BCUT2D eigenvalue weighted by molar-refractivity contribution is 0.299. The molecule has 3 aromatic rings. The lowest BCUT2D eigenvalue weighted by atomic mass is 10.1. The van der Waals surface area contributed by atoms with Crippen LogP contribution in [-0.2, 0) is 6.42 Å². The quantitative estimate of drug-likeness (QED) is 0.618. The molecule has 3 N–H and O–H groups in total. The van der Waals surface area contributed by atoms with Crippen molar-refractivity contribution in [2.45, 2.75) is 6.42 Å². The van der Waals surface area contributed by atoms with Gasteiger partial charge in [0.25, 0.3) is 0 Å². The van der Waals surface area contributed by atoms with Crippen LogP contribution in [0, 0.1) is 0 Å². The van der Waals surface area contributed by atoms with Crippen LogP contribution >= 0.6 is 15.9 Å². The van der Waals surface area contributed by atoms with E-state index in [2.05, 4.69) is 25.9 Å². The molecular weight excluding hydrogens is 344 g/mol. The Morgan fingerprint density at radius 2 is 1.91 bits per heavy atom. The minimum Gasteiger partial charge on any atom is -0.494 e. The van der Waals surface area contributed by atoms with Gasteiger partial charge in [0, 0.05) is 22.7 Å². The number of halogens is 1. The first-order chi connectivity index (χ1) is 10.7. The predicted octanol–water partition coefficient (Wildman–Crippen LogP) is 3.92. The third kappa shape index (κ3) is 3.05. The fourth-order valence-corrected chi connectivity index (χ4v) is 2.69. The Morgan fingerprint density at radius 3 is 2.64 bits per heavy atom. The second kappa shape index (κ2) is 6.34. The van der Waals surface area contributed by atoms with E-state index >= 15 is 0 Å². The van der Waals surface area contributed by atoms with Crippen molar-refractivity contribution in [2.24, 2.45) is 4.99 Å². The number of benzene rings is 2. The molecule has 0 radical (unpaired) electrons. The van der Waals surface area contributed by atoms with E-state index < -0.39 is 0 Å². The van der Waals surface area contributed by atoms with E-state index in [1.54, 1.807) is 6.21 Å². The van der Waals surface area contributed by atoms with Crippen LogP contribution in [0.4, 0.5) is 5.69 Å². The van der Waals surface area contributed by atoms with Gasteiger partial charge in [-0.1, -0.05) is 34.1 Å². The molecule has 0 atom stereocenters. The summed E-state index contributed by atoms with van der Waals surface area (Å²) in [6.07, 6.45) is 2.30. The summed E-state index contributed by atoms with van der Waals surface area (Å²) in [6, 6.07) is 13.4. The van der Waals surface area contributed by atoms with Gasteiger partial charge >= 0.3 is 0 Å². The third-order valence-electron chi connectivity index (χ3n) is 3.46. The molecule has 4 nitrogen and oxygen atoms in total. The highest BCUT2D eigenvalue weighted by Gasteiger charge is 2.08. The van der Waals surface area contributed by atoms with Gasteiger partial charge < -0.3 is 15.2 Å². The topological polar surface area (TPSA) is 68.6 Å². The molecule has 0 aliphatic rings. The number of fused-ring (bicyclic) bond motifs is 1. The first kappa shape index (κ1) is 14.8. The van der Waals surface area contributed by atoms with E-state index in [0.717, 1.165) is 26.6 Å². The number of aromatic hydroxyl groups is 1. The Hall–Kier alpha value is -2.11. The summed E-state index contributed by atoms with van der Waals surface area (Å²) in [6.45, 7) is 0.140. The van der Waals surface area contributed by atoms with Crippen molar-refractivity contribution in [3.63, 3.8) is 0 Å². The molecule has 0 fully saturated rings. The van der Waals surface area contributed by atoms with Crippen molar-refractivity contribution in [1.29, 1.82) is 0 Å². The number of nitrogens with zero attached hydrogens (tertiary/aromatic N) is 1. The Balaban J connectivity index is 1.90. The van der Waals surface area contributed by atoms with Crippen molar-refractivity contribution in [3.8, 4) is 5.88 Å². The number of rotatable bonds is 4. The van der Waals surface area contributed by atoms with Gasteiger partial charge in [0.15, 0.2) is 5.88 Å². The lowest BCUT2D eigenvalue weighted by Gasteiger charge is -1.99. The molecule has 22 heavy (non-hydrogen) atoms. The van der Waals surface area contributed by atoms with Crippen LogP contribution in [0.15, 0.2) is 51.9 Å². The highest BCUT2D eigenvalue weighted by molar-refractivity contribution is 9.10. The van der Waals surface area contributed by atoms with Crippen LogP contribution in [-0.4, -0.2) is 28.0 Å². The molecule has 2 aromatic carbocycles. The number of aromatic amines is 1. The first-order valence-corrected chi connectivity index (χ1v) is 7.71. The van der Waals surface area contributed by atoms with E-state index in [4.69, 9.17) is 5.11 Å². The standard InChI is InChI=1S/C17H15BrN2O2/c18-12-3-6-14-15(17(22)20-16(14)9-12)10-19-13-4-1-11(2-5-13)7-8-21/h1-6,9-10,20-22H,7-8H2. The van der Waals surface area contributed by atoms with Crippen LogP contribution in [0.2, 0.25) is 0 Å². The molecule has 1 heterocycles. The summed E-state index contributed by atoms with van der Waals surface area (Å²) >= 11 is 3.41. The molecule has 0 amide bonds. The van der Waals surface area contributed by atoms with Crippen molar-refractivity contribution in [1.82, 2.24) is 4.98 Å². The minimum atomic E-state index is 0.105. The van der Waals surface area contributed by atoms with Crippen molar-refractivity contribution >= 4 is 38.7 Å². The SMILES string of the molecule is OCCc1ccc(N=Cc2c(O)[nH]c3cc(Br)ccc23)cc1. The number of hydrogen-bond acceptors (Lipinski definition) is 3. The Morgan fingerprint density at radius 1 is 1.14 bits per heavy atom. The Kier molecular flexibility index (Phi) is 4.27. The minimum absolute atomic E-state index is 0.105. The number of aliphatic imine (C=N–C) groups is 1. The van der Waals surface area contributed by atoms with Gasteiger partial charge in [-0.2, -0.15) is 0 Å². The molecule has 5 heteroatoms. The molecule has 112 valence electrons. The molecule has 0 spiro atoms. The molecule has 0 aliphatic carbocycles. The maximum atomic E-state index is 10.0. The molecule has 3 rings (SSSR count). The Bertz CT molecular complexity index is 823.